The van der Waals surface area contributed by atoms with Gasteiger partial charge < -0.3 is 0 Å². The van der Waals surface area contributed by atoms with Gasteiger partial charge in [0.1, 0.15) is 0 Å². The molecule has 0 aliphatic heterocycles. The first-order valence-electron chi connectivity index (χ1n) is 11.1. The standard InChI is InChI=1S/C27H43P3/c1-16-14-21(28-12)24(22(15-16)29-13)23-19(4)17(2)18(3)20(5)25(23)30(26(6,7)8)27(9,10)11/h14-15,28-29H,1-13H3. The molecule has 0 heterocycles. The Morgan fingerprint density at radius 1 is 0.600 bits per heavy atom. The lowest BCUT2D eigenvalue weighted by molar-refractivity contribution is 0.714. The van der Waals surface area contributed by atoms with Gasteiger partial charge in [-0.2, -0.15) is 0 Å². The van der Waals surface area contributed by atoms with E-state index in [0.29, 0.717) is 0 Å². The molecule has 30 heavy (non-hydrogen) atoms. The lowest BCUT2D eigenvalue weighted by atomic mass is 9.90. The topological polar surface area (TPSA) is 0 Å². The van der Waals surface area contributed by atoms with E-state index >= 15 is 0 Å². The van der Waals surface area contributed by atoms with E-state index in [9.17, 15) is 0 Å². The average molecular weight is 461 g/mol. The highest BCUT2D eigenvalue weighted by molar-refractivity contribution is 7.69. The van der Waals surface area contributed by atoms with Gasteiger partial charge in [-0.15, -0.1) is 0 Å². The highest BCUT2D eigenvalue weighted by atomic mass is 31.1. The molecule has 0 spiro atoms. The van der Waals surface area contributed by atoms with Gasteiger partial charge in [0, 0.05) is 0 Å². The van der Waals surface area contributed by atoms with E-state index < -0.39 is 0 Å². The van der Waals surface area contributed by atoms with Crippen LogP contribution in [0.4, 0.5) is 0 Å². The number of hydrogen-bond donors (Lipinski definition) is 0. The van der Waals surface area contributed by atoms with Gasteiger partial charge in [-0.25, -0.2) is 0 Å². The molecule has 2 aromatic carbocycles. The summed E-state index contributed by atoms with van der Waals surface area (Å²) in [5.74, 6) is 0. The minimum Gasteiger partial charge on any atom is -0.0929 e. The van der Waals surface area contributed by atoms with Crippen molar-refractivity contribution in [3.63, 3.8) is 0 Å². The molecule has 0 N–H and O–H groups in total. The third-order valence-electron chi connectivity index (χ3n) is 6.29. The van der Waals surface area contributed by atoms with Crippen LogP contribution in [-0.2, 0) is 0 Å². The Labute approximate surface area is 191 Å². The van der Waals surface area contributed by atoms with E-state index in [1.165, 1.54) is 27.8 Å². The van der Waals surface area contributed by atoms with Gasteiger partial charge in [-0.3, -0.25) is 0 Å². The zero-order valence-electron chi connectivity index (χ0n) is 21.6. The van der Waals surface area contributed by atoms with E-state index in [1.54, 1.807) is 27.0 Å². The predicted molar refractivity (Wildman–Crippen MR) is 149 cm³/mol. The fourth-order valence-electron chi connectivity index (χ4n) is 5.01. The van der Waals surface area contributed by atoms with E-state index in [4.69, 9.17) is 0 Å². The Morgan fingerprint density at radius 3 is 1.37 bits per heavy atom. The number of rotatable bonds is 4. The summed E-state index contributed by atoms with van der Waals surface area (Å²) in [6, 6.07) is 4.89. The summed E-state index contributed by atoms with van der Waals surface area (Å²) in [5, 5.41) is 5.24. The Morgan fingerprint density at radius 2 is 1.00 bits per heavy atom. The van der Waals surface area contributed by atoms with Crippen molar-refractivity contribution in [3.05, 3.63) is 39.9 Å². The first-order valence-corrected chi connectivity index (χ1v) is 15.4. The summed E-state index contributed by atoms with van der Waals surface area (Å²) in [6.07, 6.45) is 0. The normalized spacial score (nSPS) is 13.5. The molecule has 0 aromatic heterocycles. The molecule has 0 radical (unpaired) electrons. The number of hydrogen-bond acceptors (Lipinski definition) is 0. The molecule has 0 aliphatic carbocycles. The van der Waals surface area contributed by atoms with Crippen molar-refractivity contribution in [2.75, 3.05) is 13.3 Å². The molecule has 2 aromatic rings. The highest BCUT2D eigenvalue weighted by Crippen LogP contribution is 2.60. The molecule has 0 fully saturated rings. The first-order chi connectivity index (χ1) is 13.7. The van der Waals surface area contributed by atoms with Crippen LogP contribution in [0.15, 0.2) is 12.1 Å². The average Bonchev–Trinajstić information content (AvgIpc) is 2.62. The molecule has 0 nitrogen and oxygen atoms in total. The van der Waals surface area contributed by atoms with Crippen LogP contribution in [0.5, 0.6) is 0 Å². The summed E-state index contributed by atoms with van der Waals surface area (Å²) < 4.78 is 0. The summed E-state index contributed by atoms with van der Waals surface area (Å²) >= 11 is 0. The van der Waals surface area contributed by atoms with Gasteiger partial charge >= 0.3 is 0 Å². The SMILES string of the molecule is CPc1cc(C)cc(PC)c1-c1c(C)c(C)c(C)c(C)c1P(C(C)(C)C)C(C)(C)C. The van der Waals surface area contributed by atoms with E-state index in [0.717, 1.165) is 17.2 Å². The highest BCUT2D eigenvalue weighted by Gasteiger charge is 2.39. The Hall–Kier alpha value is -0.270. The predicted octanol–water partition coefficient (Wildman–Crippen LogP) is 7.47. The van der Waals surface area contributed by atoms with Crippen LogP contribution in [-0.4, -0.2) is 23.6 Å². The third-order valence-corrected chi connectivity index (χ3v) is 11.8. The molecular formula is C27H43P3. The van der Waals surface area contributed by atoms with Crippen molar-refractivity contribution in [2.45, 2.75) is 86.5 Å². The third kappa shape index (κ3) is 4.88. The number of aryl methyl sites for hydroxylation is 1. The molecule has 2 rings (SSSR count). The second kappa shape index (κ2) is 9.30. The monoisotopic (exact) mass is 460 g/mol. The minimum absolute atomic E-state index is 0.245. The molecule has 0 saturated carbocycles. The zero-order chi connectivity index (χ0) is 23.2. The van der Waals surface area contributed by atoms with Crippen molar-refractivity contribution in [2.24, 2.45) is 0 Å². The minimum atomic E-state index is -0.384. The van der Waals surface area contributed by atoms with Crippen LogP contribution >= 0.6 is 25.1 Å². The molecule has 0 aliphatic rings. The lowest BCUT2D eigenvalue weighted by Crippen LogP contribution is -2.35. The second-order valence-electron chi connectivity index (χ2n) is 10.6. The van der Waals surface area contributed by atoms with Gasteiger partial charge in [-0.1, -0.05) is 78.8 Å². The molecule has 2 atom stereocenters. The van der Waals surface area contributed by atoms with Crippen LogP contribution in [0.1, 0.15) is 69.4 Å². The van der Waals surface area contributed by atoms with Gasteiger partial charge in [0.2, 0.25) is 0 Å². The van der Waals surface area contributed by atoms with Gasteiger partial charge in [0.25, 0.3) is 0 Å². The van der Waals surface area contributed by atoms with Gasteiger partial charge in [0.15, 0.2) is 0 Å². The second-order valence-corrected chi connectivity index (χ2v) is 16.5. The largest absolute Gasteiger partial charge is 0.0929 e. The summed E-state index contributed by atoms with van der Waals surface area (Å²) in [7, 11) is 1.24. The molecule has 0 bridgehead atoms. The molecular weight excluding hydrogens is 417 g/mol. The maximum atomic E-state index is 2.46. The Balaban J connectivity index is 3.17. The Kier molecular flexibility index (Phi) is 8.06. The smallest absolute Gasteiger partial charge is 0.00260 e. The Bertz CT molecular complexity index is 901. The van der Waals surface area contributed by atoms with Crippen LogP contribution < -0.4 is 15.9 Å². The lowest BCUT2D eigenvalue weighted by Gasteiger charge is -2.44. The maximum Gasteiger partial charge on any atom is -0.00260 e. The van der Waals surface area contributed by atoms with Crippen LogP contribution in [0.2, 0.25) is 0 Å². The van der Waals surface area contributed by atoms with E-state index in [1.807, 2.05) is 0 Å². The van der Waals surface area contributed by atoms with E-state index in [2.05, 4.69) is 102 Å². The summed E-state index contributed by atoms with van der Waals surface area (Å²) in [4.78, 5) is 0. The van der Waals surface area contributed by atoms with E-state index in [-0.39, 0.29) is 18.2 Å². The van der Waals surface area contributed by atoms with Crippen LogP contribution in [0.25, 0.3) is 11.1 Å². The summed E-state index contributed by atoms with van der Waals surface area (Å²) in [5.41, 5.74) is 10.5. The van der Waals surface area contributed by atoms with Gasteiger partial charge in [-0.05, 0) is 113 Å². The molecule has 0 amide bonds. The molecule has 3 heteroatoms. The summed E-state index contributed by atoms with van der Waals surface area (Å²) in [6.45, 7) is 31.1. The van der Waals surface area contributed by atoms with Crippen LogP contribution in [0, 0.1) is 34.6 Å². The van der Waals surface area contributed by atoms with Crippen molar-refractivity contribution in [3.8, 4) is 11.1 Å². The molecule has 166 valence electrons. The van der Waals surface area contributed by atoms with Crippen LogP contribution in [0.3, 0.4) is 0 Å². The van der Waals surface area contributed by atoms with Crippen molar-refractivity contribution in [1.29, 1.82) is 0 Å². The van der Waals surface area contributed by atoms with Crippen molar-refractivity contribution >= 4 is 41.0 Å². The van der Waals surface area contributed by atoms with Crippen molar-refractivity contribution in [1.82, 2.24) is 0 Å². The van der Waals surface area contributed by atoms with Crippen molar-refractivity contribution < 1.29 is 0 Å². The number of benzene rings is 2. The molecule has 2 unspecified atom stereocenters. The maximum absolute atomic E-state index is 2.46. The zero-order valence-corrected chi connectivity index (χ0v) is 24.5. The van der Waals surface area contributed by atoms with Gasteiger partial charge in [0.05, 0.1) is 0 Å². The first kappa shape index (κ1) is 26.0. The quantitative estimate of drug-likeness (QED) is 0.415. The fourth-order valence-corrected chi connectivity index (χ4v) is 11.3. The molecule has 0 saturated heterocycles. The fraction of sp³-hybridized carbons (Fsp3) is 0.556.